The quantitative estimate of drug-likeness (QED) is 0.453. The van der Waals surface area contributed by atoms with Crippen LogP contribution in [0, 0.1) is 22.7 Å². The molecule has 2 saturated carbocycles. The topological polar surface area (TPSA) is 130 Å². The Morgan fingerprint density at radius 3 is 2.56 bits per heavy atom. The van der Waals surface area contributed by atoms with Gasteiger partial charge >= 0.3 is 10.4 Å². The molecular formula is C23H32O8S. The second-order valence-electron chi connectivity index (χ2n) is 10.6. The number of aliphatic hydroxyl groups is 1. The van der Waals surface area contributed by atoms with E-state index >= 15 is 0 Å². The number of aliphatic hydroxyl groups excluding tert-OH is 1. The van der Waals surface area contributed by atoms with Gasteiger partial charge in [-0.1, -0.05) is 27.7 Å². The van der Waals surface area contributed by atoms with E-state index in [0.29, 0.717) is 24.7 Å². The number of carbonyl (C=O) groups excluding carboxylic acids is 1. The van der Waals surface area contributed by atoms with Crippen LogP contribution in [0.3, 0.4) is 0 Å². The number of fused-ring (bicyclic) bond motifs is 3. The summed E-state index contributed by atoms with van der Waals surface area (Å²) in [5, 5.41) is 21.5. The molecule has 1 aromatic rings. The molecule has 1 aromatic carbocycles. The van der Waals surface area contributed by atoms with Crippen LogP contribution in [0.2, 0.25) is 0 Å². The summed E-state index contributed by atoms with van der Waals surface area (Å²) in [6, 6.07) is 1.30. The minimum absolute atomic E-state index is 0.0931. The Morgan fingerprint density at radius 1 is 1.25 bits per heavy atom. The fourth-order valence-electron chi connectivity index (χ4n) is 6.95. The molecule has 3 N–H and O–H groups in total. The van der Waals surface area contributed by atoms with Crippen LogP contribution in [0.1, 0.15) is 74.9 Å². The first-order valence-corrected chi connectivity index (χ1v) is 12.4. The molecule has 3 aliphatic rings. The normalized spacial score (nSPS) is 35.8. The fourth-order valence-corrected chi connectivity index (χ4v) is 7.22. The first-order chi connectivity index (χ1) is 14.8. The van der Waals surface area contributed by atoms with Crippen molar-refractivity contribution in [2.24, 2.45) is 22.7 Å². The maximum absolute atomic E-state index is 12.0. The Labute approximate surface area is 188 Å². The van der Waals surface area contributed by atoms with Crippen molar-refractivity contribution in [1.82, 2.24) is 0 Å². The lowest BCUT2D eigenvalue weighted by Gasteiger charge is -2.64. The molecule has 2 fully saturated rings. The number of phenolic OH excluding ortho intramolecular Hbond substituents is 1. The summed E-state index contributed by atoms with van der Waals surface area (Å²) in [6.07, 6.45) is 3.85. The number of carbonyl (C=O) groups is 1. The number of aldehydes is 1. The number of hydrogen-bond acceptors (Lipinski definition) is 7. The van der Waals surface area contributed by atoms with Gasteiger partial charge in [0.25, 0.3) is 0 Å². The summed E-state index contributed by atoms with van der Waals surface area (Å²) in [7, 11) is -4.72. The lowest BCUT2D eigenvalue weighted by Crippen LogP contribution is -2.66. The molecule has 2 aliphatic carbocycles. The number of benzene rings is 1. The van der Waals surface area contributed by atoms with Gasteiger partial charge in [0.15, 0.2) is 6.29 Å². The second kappa shape index (κ2) is 7.41. The SMILES string of the molecule is C[C@@H]1CC[C@H]2C(C)(C)[C@H](O)CC[C@]2(C)[C@@]12Cc1c(O)cc(COS(=O)(=O)O)c(C=O)c1O2. The average molecular weight is 469 g/mol. The minimum Gasteiger partial charge on any atom is -0.508 e. The number of aromatic hydroxyl groups is 1. The molecule has 0 radical (unpaired) electrons. The van der Waals surface area contributed by atoms with Crippen molar-refractivity contribution >= 4 is 16.7 Å². The van der Waals surface area contributed by atoms with Crippen LogP contribution in [0.15, 0.2) is 6.07 Å². The third-order valence-corrected chi connectivity index (χ3v) is 9.22. The van der Waals surface area contributed by atoms with Crippen LogP contribution in [0.25, 0.3) is 0 Å². The van der Waals surface area contributed by atoms with Gasteiger partial charge in [0.2, 0.25) is 0 Å². The molecule has 178 valence electrons. The van der Waals surface area contributed by atoms with E-state index in [0.717, 1.165) is 19.3 Å². The smallest absolute Gasteiger partial charge is 0.397 e. The molecule has 0 unspecified atom stereocenters. The third-order valence-electron chi connectivity index (χ3n) is 8.80. The predicted octanol–water partition coefficient (Wildman–Crippen LogP) is 3.43. The first-order valence-electron chi connectivity index (χ1n) is 11.1. The maximum Gasteiger partial charge on any atom is 0.397 e. The first kappa shape index (κ1) is 23.5. The molecule has 1 heterocycles. The van der Waals surface area contributed by atoms with Gasteiger partial charge in [-0.25, -0.2) is 4.18 Å². The van der Waals surface area contributed by atoms with Crippen LogP contribution in [-0.2, 0) is 27.6 Å². The maximum atomic E-state index is 12.0. The molecule has 1 spiro atoms. The van der Waals surface area contributed by atoms with Crippen molar-refractivity contribution in [2.45, 2.75) is 78.1 Å². The summed E-state index contributed by atoms with van der Waals surface area (Å²) < 4.78 is 42.1. The van der Waals surface area contributed by atoms with Crippen molar-refractivity contribution in [1.29, 1.82) is 0 Å². The Bertz CT molecular complexity index is 1050. The van der Waals surface area contributed by atoms with Gasteiger partial charge < -0.3 is 14.9 Å². The van der Waals surface area contributed by atoms with E-state index in [4.69, 9.17) is 9.29 Å². The Morgan fingerprint density at radius 2 is 1.94 bits per heavy atom. The van der Waals surface area contributed by atoms with Crippen LogP contribution in [-0.4, -0.2) is 41.2 Å². The Balaban J connectivity index is 1.81. The van der Waals surface area contributed by atoms with Crippen molar-refractivity contribution in [2.75, 3.05) is 0 Å². The number of hydrogen-bond donors (Lipinski definition) is 3. The summed E-state index contributed by atoms with van der Waals surface area (Å²) in [5.41, 5.74) is -0.512. The van der Waals surface area contributed by atoms with Gasteiger partial charge in [0.05, 0.1) is 18.3 Å². The molecule has 5 atom stereocenters. The predicted molar refractivity (Wildman–Crippen MR) is 116 cm³/mol. The lowest BCUT2D eigenvalue weighted by molar-refractivity contribution is -0.210. The molecule has 0 amide bonds. The zero-order chi connectivity index (χ0) is 23.7. The van der Waals surface area contributed by atoms with Crippen LogP contribution < -0.4 is 4.74 Å². The molecule has 32 heavy (non-hydrogen) atoms. The van der Waals surface area contributed by atoms with Gasteiger partial charge in [-0.15, -0.1) is 0 Å². The van der Waals surface area contributed by atoms with Crippen LogP contribution in [0.4, 0.5) is 0 Å². The highest BCUT2D eigenvalue weighted by molar-refractivity contribution is 7.80. The molecule has 1 aliphatic heterocycles. The monoisotopic (exact) mass is 468 g/mol. The highest BCUT2D eigenvalue weighted by Crippen LogP contribution is 2.66. The number of phenols is 1. The molecule has 4 rings (SSSR count). The van der Waals surface area contributed by atoms with E-state index in [1.807, 2.05) is 0 Å². The molecular weight excluding hydrogens is 436 g/mol. The van der Waals surface area contributed by atoms with Crippen LogP contribution in [0.5, 0.6) is 11.5 Å². The minimum atomic E-state index is -4.72. The van der Waals surface area contributed by atoms with Gasteiger partial charge in [-0.2, -0.15) is 8.42 Å². The van der Waals surface area contributed by atoms with Crippen LogP contribution >= 0.6 is 0 Å². The largest absolute Gasteiger partial charge is 0.508 e. The highest BCUT2D eigenvalue weighted by atomic mass is 32.3. The molecule has 0 bridgehead atoms. The highest BCUT2D eigenvalue weighted by Gasteiger charge is 2.67. The van der Waals surface area contributed by atoms with Gasteiger partial charge in [0.1, 0.15) is 17.1 Å². The van der Waals surface area contributed by atoms with Crippen molar-refractivity contribution in [3.8, 4) is 11.5 Å². The van der Waals surface area contributed by atoms with E-state index in [9.17, 15) is 23.4 Å². The Hall–Kier alpha value is -1.68. The summed E-state index contributed by atoms with van der Waals surface area (Å²) in [6.45, 7) is 7.94. The second-order valence-corrected chi connectivity index (χ2v) is 11.7. The fraction of sp³-hybridized carbons (Fsp3) is 0.696. The zero-order valence-corrected chi connectivity index (χ0v) is 19.7. The number of ether oxygens (including phenoxy) is 1. The van der Waals surface area contributed by atoms with E-state index in [2.05, 4.69) is 31.9 Å². The van der Waals surface area contributed by atoms with Crippen molar-refractivity contribution in [3.05, 3.63) is 22.8 Å². The standard InChI is InChI=1S/C23H32O8S/c1-13-5-6-18-21(2,3)19(26)7-8-22(18,4)23(13)10-15-17(25)9-14(12-30-32(27,28)29)16(11-24)20(15)31-23/h9,11,13,18-19,25-26H,5-8,10,12H2,1-4H3,(H,27,28,29)/t13-,18+,19-,22+,23-/m1/s1. The zero-order valence-electron chi connectivity index (χ0n) is 18.9. The molecule has 0 saturated heterocycles. The molecule has 0 aromatic heterocycles. The van der Waals surface area contributed by atoms with Gasteiger partial charge in [0, 0.05) is 17.4 Å². The van der Waals surface area contributed by atoms with Crippen molar-refractivity contribution in [3.63, 3.8) is 0 Å². The van der Waals surface area contributed by atoms with E-state index in [1.54, 1.807) is 0 Å². The van der Waals surface area contributed by atoms with Gasteiger partial charge in [-0.05, 0) is 54.6 Å². The third kappa shape index (κ3) is 3.28. The summed E-state index contributed by atoms with van der Waals surface area (Å²) >= 11 is 0. The molecule has 9 heteroatoms. The van der Waals surface area contributed by atoms with Gasteiger partial charge in [-0.3, -0.25) is 9.35 Å². The van der Waals surface area contributed by atoms with Crippen molar-refractivity contribution < 1.29 is 36.9 Å². The lowest BCUT2D eigenvalue weighted by atomic mass is 9.43. The summed E-state index contributed by atoms with van der Waals surface area (Å²) in [4.78, 5) is 12.0. The summed E-state index contributed by atoms with van der Waals surface area (Å²) in [5.74, 6) is 0.489. The average Bonchev–Trinajstić information content (AvgIpc) is 3.10. The van der Waals surface area contributed by atoms with E-state index < -0.39 is 28.7 Å². The molecule has 8 nitrogen and oxygen atoms in total. The number of rotatable bonds is 4. The van der Waals surface area contributed by atoms with E-state index in [-0.39, 0.29) is 45.3 Å². The van der Waals surface area contributed by atoms with E-state index in [1.165, 1.54) is 6.07 Å². The Kier molecular flexibility index (Phi) is 5.44.